The van der Waals surface area contributed by atoms with Gasteiger partial charge < -0.3 is 4.42 Å². The van der Waals surface area contributed by atoms with Crippen molar-refractivity contribution in [2.24, 2.45) is 0 Å². The normalized spacial score (nSPS) is 11.1. The van der Waals surface area contributed by atoms with Gasteiger partial charge in [-0.15, -0.1) is 11.5 Å². The van der Waals surface area contributed by atoms with Gasteiger partial charge in [-0.05, 0) is 6.42 Å². The summed E-state index contributed by atoms with van der Waals surface area (Å²) in [6, 6.07) is 0. The quantitative estimate of drug-likeness (QED) is 0.349. The van der Waals surface area contributed by atoms with Gasteiger partial charge in [0.05, 0.1) is 12.6 Å². The van der Waals surface area contributed by atoms with Crippen LogP contribution in [0.25, 0.3) is 0 Å². The molecule has 0 aromatic carbocycles. The van der Waals surface area contributed by atoms with Crippen molar-refractivity contribution in [2.45, 2.75) is 51.0 Å². The standard InChI is InChI=1S/C13H21NOSSi/c1-5-6-9-16-13-14-11-12(15-13)8-7-10-17(2,3)4/h11H,5-6,8-9H2,1-4H3. The van der Waals surface area contributed by atoms with E-state index in [0.717, 1.165) is 16.7 Å². The number of unbranched alkanes of at least 4 members (excludes halogenated alkanes) is 1. The van der Waals surface area contributed by atoms with Crippen molar-refractivity contribution in [1.82, 2.24) is 4.98 Å². The van der Waals surface area contributed by atoms with E-state index >= 15 is 0 Å². The fourth-order valence-electron chi connectivity index (χ4n) is 1.14. The van der Waals surface area contributed by atoms with Crippen LogP contribution < -0.4 is 0 Å². The molecule has 1 aromatic heterocycles. The highest BCUT2D eigenvalue weighted by Crippen LogP contribution is 2.19. The van der Waals surface area contributed by atoms with Crippen LogP contribution in [0.15, 0.2) is 15.8 Å². The van der Waals surface area contributed by atoms with E-state index < -0.39 is 8.07 Å². The van der Waals surface area contributed by atoms with Gasteiger partial charge in [0, 0.05) is 5.75 Å². The topological polar surface area (TPSA) is 26.0 Å². The van der Waals surface area contributed by atoms with Crippen LogP contribution >= 0.6 is 11.8 Å². The minimum atomic E-state index is -1.26. The van der Waals surface area contributed by atoms with Crippen LogP contribution in [-0.2, 0) is 6.42 Å². The Morgan fingerprint density at radius 2 is 2.18 bits per heavy atom. The summed E-state index contributed by atoms with van der Waals surface area (Å²) >= 11 is 1.69. The Hall–Kier alpha value is -0.663. The van der Waals surface area contributed by atoms with Gasteiger partial charge >= 0.3 is 0 Å². The van der Waals surface area contributed by atoms with E-state index in [-0.39, 0.29) is 0 Å². The molecular weight excluding hydrogens is 246 g/mol. The Labute approximate surface area is 110 Å². The zero-order valence-electron chi connectivity index (χ0n) is 11.2. The molecule has 94 valence electrons. The lowest BCUT2D eigenvalue weighted by Crippen LogP contribution is -2.16. The van der Waals surface area contributed by atoms with Gasteiger partial charge in [-0.25, -0.2) is 4.98 Å². The maximum absolute atomic E-state index is 5.61. The van der Waals surface area contributed by atoms with Crippen LogP contribution in [0.4, 0.5) is 0 Å². The predicted molar refractivity (Wildman–Crippen MR) is 77.0 cm³/mol. The van der Waals surface area contributed by atoms with Crippen LogP contribution in [0.5, 0.6) is 0 Å². The van der Waals surface area contributed by atoms with E-state index in [4.69, 9.17) is 4.42 Å². The zero-order valence-corrected chi connectivity index (χ0v) is 13.0. The molecule has 0 saturated heterocycles. The third-order valence-corrected chi connectivity index (χ3v) is 3.84. The van der Waals surface area contributed by atoms with Crippen LogP contribution in [0.3, 0.4) is 0 Å². The second kappa shape index (κ2) is 6.92. The number of thioether (sulfide) groups is 1. The van der Waals surface area contributed by atoms with Crippen molar-refractivity contribution in [1.29, 1.82) is 0 Å². The van der Waals surface area contributed by atoms with E-state index in [0.29, 0.717) is 6.42 Å². The average Bonchev–Trinajstić information content (AvgIpc) is 2.64. The Balaban J connectivity index is 2.42. The first-order valence-corrected chi connectivity index (χ1v) is 10.6. The molecule has 0 aliphatic rings. The molecule has 1 heterocycles. The van der Waals surface area contributed by atoms with Gasteiger partial charge in [-0.1, -0.05) is 44.7 Å². The molecule has 0 bridgehead atoms. The highest BCUT2D eigenvalue weighted by Gasteiger charge is 2.08. The number of rotatable bonds is 5. The van der Waals surface area contributed by atoms with Crippen LogP contribution in [-0.4, -0.2) is 18.8 Å². The minimum absolute atomic E-state index is 0.686. The summed E-state index contributed by atoms with van der Waals surface area (Å²) in [5.74, 6) is 5.16. The van der Waals surface area contributed by atoms with Crippen LogP contribution in [0, 0.1) is 11.5 Å². The molecule has 0 saturated carbocycles. The predicted octanol–water partition coefficient (Wildman–Crippen LogP) is 3.99. The summed E-state index contributed by atoms with van der Waals surface area (Å²) < 4.78 is 5.61. The molecule has 0 aliphatic heterocycles. The van der Waals surface area contributed by atoms with Crippen molar-refractivity contribution < 1.29 is 4.42 Å². The van der Waals surface area contributed by atoms with Gasteiger partial charge in [0.2, 0.25) is 0 Å². The number of aromatic nitrogens is 1. The molecule has 4 heteroatoms. The first-order valence-electron chi connectivity index (χ1n) is 6.09. The van der Waals surface area contributed by atoms with E-state index in [1.54, 1.807) is 18.0 Å². The summed E-state index contributed by atoms with van der Waals surface area (Å²) in [5.41, 5.74) is 3.33. The zero-order chi connectivity index (χ0) is 12.7. The molecule has 17 heavy (non-hydrogen) atoms. The molecule has 2 nitrogen and oxygen atoms in total. The third kappa shape index (κ3) is 6.60. The summed E-state index contributed by atoms with van der Waals surface area (Å²) in [7, 11) is -1.26. The first-order chi connectivity index (χ1) is 8.01. The Morgan fingerprint density at radius 3 is 2.82 bits per heavy atom. The summed E-state index contributed by atoms with van der Waals surface area (Å²) in [4.78, 5) is 4.24. The summed E-state index contributed by atoms with van der Waals surface area (Å²) in [6.45, 7) is 8.92. The fourth-order valence-corrected chi connectivity index (χ4v) is 2.66. The van der Waals surface area contributed by atoms with Crippen LogP contribution in [0.1, 0.15) is 25.5 Å². The number of hydrogen-bond donors (Lipinski definition) is 0. The Kier molecular flexibility index (Phi) is 5.86. The molecule has 0 spiro atoms. The highest BCUT2D eigenvalue weighted by atomic mass is 32.2. The van der Waals surface area contributed by atoms with E-state index in [1.165, 1.54) is 12.8 Å². The molecule has 1 rings (SSSR count). The van der Waals surface area contributed by atoms with Crippen molar-refractivity contribution >= 4 is 19.8 Å². The fraction of sp³-hybridized carbons (Fsp3) is 0.615. The van der Waals surface area contributed by atoms with Crippen molar-refractivity contribution in [2.75, 3.05) is 5.75 Å². The smallest absolute Gasteiger partial charge is 0.255 e. The second-order valence-corrected chi connectivity index (χ2v) is 10.8. The Bertz CT molecular complexity index is 398. The highest BCUT2D eigenvalue weighted by molar-refractivity contribution is 7.99. The monoisotopic (exact) mass is 267 g/mol. The summed E-state index contributed by atoms with van der Waals surface area (Å²) in [5, 5.41) is 0.781. The lowest BCUT2D eigenvalue weighted by atomic mass is 10.4. The van der Waals surface area contributed by atoms with E-state index in [9.17, 15) is 0 Å². The molecule has 0 amide bonds. The van der Waals surface area contributed by atoms with Crippen molar-refractivity contribution in [3.8, 4) is 11.5 Å². The largest absolute Gasteiger partial charge is 0.436 e. The summed E-state index contributed by atoms with van der Waals surface area (Å²) in [6.07, 6.45) is 4.90. The van der Waals surface area contributed by atoms with Crippen molar-refractivity contribution in [3.05, 3.63) is 12.0 Å². The SMILES string of the molecule is CCCCSc1ncc(CC#C[Si](C)(C)C)o1. The average molecular weight is 267 g/mol. The van der Waals surface area contributed by atoms with E-state index in [1.807, 2.05) is 0 Å². The molecular formula is C13H21NOSSi. The third-order valence-electron chi connectivity index (χ3n) is 1.98. The second-order valence-electron chi connectivity index (χ2n) is 5.02. The Morgan fingerprint density at radius 1 is 1.41 bits per heavy atom. The number of nitrogens with zero attached hydrogens (tertiary/aromatic N) is 1. The van der Waals surface area contributed by atoms with Crippen LogP contribution in [0.2, 0.25) is 19.6 Å². The molecule has 0 atom stereocenters. The lowest BCUT2D eigenvalue weighted by Gasteiger charge is -2.02. The molecule has 0 N–H and O–H groups in total. The van der Waals surface area contributed by atoms with Gasteiger partial charge in [0.15, 0.2) is 0 Å². The van der Waals surface area contributed by atoms with E-state index in [2.05, 4.69) is 43.0 Å². The maximum Gasteiger partial charge on any atom is 0.255 e. The molecule has 0 aliphatic carbocycles. The molecule has 1 aromatic rings. The molecule has 0 radical (unpaired) electrons. The maximum atomic E-state index is 5.61. The van der Waals surface area contributed by atoms with Gasteiger partial charge in [0.1, 0.15) is 13.8 Å². The molecule has 0 unspecified atom stereocenters. The first kappa shape index (κ1) is 14.4. The van der Waals surface area contributed by atoms with Gasteiger partial charge in [-0.2, -0.15) is 0 Å². The van der Waals surface area contributed by atoms with Gasteiger partial charge in [0.25, 0.3) is 5.22 Å². The lowest BCUT2D eigenvalue weighted by molar-refractivity contribution is 0.425. The molecule has 0 fully saturated rings. The minimum Gasteiger partial charge on any atom is -0.436 e. The van der Waals surface area contributed by atoms with Gasteiger partial charge in [-0.3, -0.25) is 0 Å². The number of hydrogen-bond acceptors (Lipinski definition) is 3. The number of oxazole rings is 1. The van der Waals surface area contributed by atoms with Crippen molar-refractivity contribution in [3.63, 3.8) is 0 Å².